The highest BCUT2D eigenvalue weighted by Crippen LogP contribution is 2.27. The molecule has 0 spiro atoms. The highest BCUT2D eigenvalue weighted by molar-refractivity contribution is 5.92. The molecule has 5 nitrogen and oxygen atoms in total. The first-order valence-corrected chi connectivity index (χ1v) is 7.61. The lowest BCUT2D eigenvalue weighted by molar-refractivity contribution is -0.115. The Morgan fingerprint density at radius 3 is 2.61 bits per heavy atom. The molecule has 1 aromatic heterocycles. The Kier molecular flexibility index (Phi) is 6.07. The molecule has 122 valence electrons. The van der Waals surface area contributed by atoms with E-state index in [0.29, 0.717) is 12.4 Å². The number of amides is 1. The van der Waals surface area contributed by atoms with Gasteiger partial charge in [-0.15, -0.1) is 12.4 Å². The summed E-state index contributed by atoms with van der Waals surface area (Å²) in [4.78, 5) is 20.5. The molecule has 0 atom stereocenters. The third-order valence-corrected chi connectivity index (χ3v) is 3.64. The Labute approximate surface area is 142 Å². The monoisotopic (exact) mass is 332 g/mol. The van der Waals surface area contributed by atoms with Crippen molar-refractivity contribution in [1.82, 2.24) is 15.3 Å². The number of hydrogen-bond donors (Lipinski definition) is 2. The van der Waals surface area contributed by atoms with E-state index in [4.69, 9.17) is 0 Å². The molecule has 23 heavy (non-hydrogen) atoms. The molecule has 1 fully saturated rings. The summed E-state index contributed by atoms with van der Waals surface area (Å²) in [5, 5.41) is 6.06. The highest BCUT2D eigenvalue weighted by atomic mass is 35.5. The van der Waals surface area contributed by atoms with Crippen molar-refractivity contribution in [3.8, 4) is 11.4 Å². The number of halogens is 1. The summed E-state index contributed by atoms with van der Waals surface area (Å²) in [6, 6.07) is 9.45. The summed E-state index contributed by atoms with van der Waals surface area (Å²) < 4.78 is 0. The molecule has 1 amide bonds. The lowest BCUT2D eigenvalue weighted by Gasteiger charge is -2.07. The third-order valence-electron chi connectivity index (χ3n) is 3.64. The number of carbonyl (C=O) groups is 1. The van der Waals surface area contributed by atoms with Gasteiger partial charge in [-0.25, -0.2) is 9.97 Å². The molecule has 0 aliphatic heterocycles. The van der Waals surface area contributed by atoms with Crippen LogP contribution in [0.25, 0.3) is 11.4 Å². The second kappa shape index (κ2) is 8.04. The van der Waals surface area contributed by atoms with Crippen molar-refractivity contribution in [3.63, 3.8) is 0 Å². The number of aromatic nitrogens is 2. The number of benzene rings is 1. The van der Waals surface area contributed by atoms with Crippen LogP contribution in [0, 0.1) is 12.8 Å². The van der Waals surface area contributed by atoms with Crippen molar-refractivity contribution in [3.05, 3.63) is 42.2 Å². The van der Waals surface area contributed by atoms with Gasteiger partial charge in [0.2, 0.25) is 5.91 Å². The fourth-order valence-electron chi connectivity index (χ4n) is 2.21. The first-order valence-electron chi connectivity index (χ1n) is 7.61. The van der Waals surface area contributed by atoms with E-state index in [1.165, 1.54) is 12.8 Å². The maximum absolute atomic E-state index is 11.8. The van der Waals surface area contributed by atoms with Crippen molar-refractivity contribution >= 4 is 24.0 Å². The molecule has 2 aromatic rings. The highest BCUT2D eigenvalue weighted by Gasteiger charge is 2.20. The van der Waals surface area contributed by atoms with Crippen molar-refractivity contribution in [2.24, 2.45) is 5.92 Å². The van der Waals surface area contributed by atoms with Crippen molar-refractivity contribution in [1.29, 1.82) is 0 Å². The van der Waals surface area contributed by atoms with Crippen LogP contribution in [0.1, 0.15) is 18.5 Å². The lowest BCUT2D eigenvalue weighted by Crippen LogP contribution is -2.29. The Hall–Kier alpha value is -1.98. The van der Waals surface area contributed by atoms with Crippen LogP contribution < -0.4 is 10.6 Å². The van der Waals surface area contributed by atoms with E-state index in [9.17, 15) is 4.79 Å². The number of aryl methyl sites for hydroxylation is 1. The van der Waals surface area contributed by atoms with Crippen LogP contribution in [0.2, 0.25) is 0 Å². The summed E-state index contributed by atoms with van der Waals surface area (Å²) >= 11 is 0. The minimum Gasteiger partial charge on any atom is -0.325 e. The number of hydrogen-bond acceptors (Lipinski definition) is 4. The van der Waals surface area contributed by atoms with Gasteiger partial charge in [0, 0.05) is 23.1 Å². The predicted molar refractivity (Wildman–Crippen MR) is 93.7 cm³/mol. The smallest absolute Gasteiger partial charge is 0.238 e. The average molecular weight is 333 g/mol. The molecule has 1 aromatic carbocycles. The summed E-state index contributed by atoms with van der Waals surface area (Å²) in [5.41, 5.74) is 2.66. The zero-order valence-electron chi connectivity index (χ0n) is 13.1. The van der Waals surface area contributed by atoms with E-state index < -0.39 is 0 Å². The first kappa shape index (κ1) is 17.4. The number of anilines is 1. The molecule has 3 rings (SSSR count). The zero-order chi connectivity index (χ0) is 15.4. The minimum atomic E-state index is -0.0137. The second-order valence-corrected chi connectivity index (χ2v) is 5.72. The Balaban J connectivity index is 0.00000192. The van der Waals surface area contributed by atoms with E-state index in [2.05, 4.69) is 20.6 Å². The SMILES string of the molecule is Cc1ccnc(-c2ccc(NC(=O)CNCC3CC3)cc2)n1.Cl. The average Bonchev–Trinajstić information content (AvgIpc) is 3.32. The summed E-state index contributed by atoms with van der Waals surface area (Å²) in [7, 11) is 0. The fraction of sp³-hybridized carbons (Fsp3) is 0.353. The van der Waals surface area contributed by atoms with Crippen molar-refractivity contribution < 1.29 is 4.79 Å². The Morgan fingerprint density at radius 2 is 1.96 bits per heavy atom. The van der Waals surface area contributed by atoms with Crippen LogP contribution in [-0.2, 0) is 4.79 Å². The second-order valence-electron chi connectivity index (χ2n) is 5.72. The molecule has 0 unspecified atom stereocenters. The topological polar surface area (TPSA) is 66.9 Å². The number of nitrogens with one attached hydrogen (secondary N) is 2. The van der Waals surface area contributed by atoms with Crippen molar-refractivity contribution in [2.45, 2.75) is 19.8 Å². The van der Waals surface area contributed by atoms with Gasteiger partial charge in [-0.05, 0) is 62.6 Å². The van der Waals surface area contributed by atoms with Crippen LogP contribution in [0.4, 0.5) is 5.69 Å². The normalized spacial score (nSPS) is 13.3. The molecular formula is C17H21ClN4O. The van der Waals surface area contributed by atoms with Gasteiger partial charge in [-0.2, -0.15) is 0 Å². The van der Waals surface area contributed by atoms with E-state index >= 15 is 0 Å². The van der Waals surface area contributed by atoms with E-state index in [1.54, 1.807) is 6.20 Å². The predicted octanol–water partition coefficient (Wildman–Crippen LogP) is 2.81. The molecule has 0 bridgehead atoms. The summed E-state index contributed by atoms with van der Waals surface area (Å²) in [6.45, 7) is 3.24. The fourth-order valence-corrected chi connectivity index (χ4v) is 2.21. The van der Waals surface area contributed by atoms with Crippen LogP contribution in [0.3, 0.4) is 0 Å². The Bertz CT molecular complexity index is 656. The third kappa shape index (κ3) is 5.30. The van der Waals surface area contributed by atoms with Gasteiger partial charge in [0.1, 0.15) is 0 Å². The van der Waals surface area contributed by atoms with E-state index in [0.717, 1.165) is 29.4 Å². The van der Waals surface area contributed by atoms with Crippen molar-refractivity contribution in [2.75, 3.05) is 18.4 Å². The lowest BCUT2D eigenvalue weighted by atomic mass is 10.2. The standard InChI is InChI=1S/C17H20N4O.ClH/c1-12-8-9-19-17(20-12)14-4-6-15(7-5-14)21-16(22)11-18-10-13-2-3-13;/h4-9,13,18H,2-3,10-11H2,1H3,(H,21,22);1H. The van der Waals surface area contributed by atoms with Gasteiger partial charge in [-0.1, -0.05) is 0 Å². The number of carbonyl (C=O) groups excluding carboxylic acids is 1. The van der Waals surface area contributed by atoms with Gasteiger partial charge >= 0.3 is 0 Å². The van der Waals surface area contributed by atoms with Crippen LogP contribution in [-0.4, -0.2) is 29.0 Å². The minimum absolute atomic E-state index is 0. The molecule has 0 radical (unpaired) electrons. The van der Waals surface area contributed by atoms with Gasteiger partial charge in [0.25, 0.3) is 0 Å². The molecule has 0 saturated heterocycles. The Morgan fingerprint density at radius 1 is 1.22 bits per heavy atom. The molecule has 6 heteroatoms. The number of rotatable bonds is 6. The zero-order valence-corrected chi connectivity index (χ0v) is 13.9. The van der Waals surface area contributed by atoms with Crippen LogP contribution in [0.15, 0.2) is 36.5 Å². The quantitative estimate of drug-likeness (QED) is 0.853. The summed E-state index contributed by atoms with van der Waals surface area (Å²) in [6.07, 6.45) is 4.33. The van der Waals surface area contributed by atoms with E-state index in [1.807, 2.05) is 37.3 Å². The molecule has 1 aliphatic carbocycles. The van der Waals surface area contributed by atoms with Crippen LogP contribution >= 0.6 is 12.4 Å². The largest absolute Gasteiger partial charge is 0.325 e. The molecule has 1 heterocycles. The van der Waals surface area contributed by atoms with Crippen LogP contribution in [0.5, 0.6) is 0 Å². The van der Waals surface area contributed by atoms with E-state index in [-0.39, 0.29) is 18.3 Å². The maximum atomic E-state index is 11.8. The molecule has 1 saturated carbocycles. The van der Waals surface area contributed by atoms with Gasteiger partial charge < -0.3 is 10.6 Å². The van der Waals surface area contributed by atoms with Gasteiger partial charge in [0.05, 0.1) is 6.54 Å². The summed E-state index contributed by atoms with van der Waals surface area (Å²) in [5.74, 6) is 1.46. The first-order chi connectivity index (χ1) is 10.7. The van der Waals surface area contributed by atoms with Gasteiger partial charge in [0.15, 0.2) is 5.82 Å². The molecule has 2 N–H and O–H groups in total. The van der Waals surface area contributed by atoms with Gasteiger partial charge in [-0.3, -0.25) is 4.79 Å². The maximum Gasteiger partial charge on any atom is 0.238 e. The molecular weight excluding hydrogens is 312 g/mol. The number of nitrogens with zero attached hydrogens (tertiary/aromatic N) is 2. The molecule has 1 aliphatic rings.